The maximum absolute atomic E-state index is 12.9. The first-order chi connectivity index (χ1) is 11.6. The molecular weight excluding hydrogens is 302 g/mol. The first-order valence-electron chi connectivity index (χ1n) is 8.88. The highest BCUT2D eigenvalue weighted by Crippen LogP contribution is 2.24. The maximum atomic E-state index is 12.9. The van der Waals surface area contributed by atoms with Gasteiger partial charge in [0.15, 0.2) is 0 Å². The smallest absolute Gasteiger partial charge is 0.270 e. The van der Waals surface area contributed by atoms with E-state index in [1.54, 1.807) is 0 Å². The molecule has 3 rings (SSSR count). The summed E-state index contributed by atoms with van der Waals surface area (Å²) in [4.78, 5) is 27.1. The molecule has 0 unspecified atom stereocenters. The number of carbonyl (C=O) groups is 2. The highest BCUT2D eigenvalue weighted by molar-refractivity contribution is 6.40. The van der Waals surface area contributed by atoms with Crippen molar-refractivity contribution < 1.29 is 9.59 Å². The molecule has 1 aromatic carbocycles. The minimum atomic E-state index is -0.0545. The quantitative estimate of drug-likeness (QED) is 0.855. The molecule has 5 nitrogen and oxygen atoms in total. The number of benzene rings is 1. The number of nitrogens with zero attached hydrogens (tertiary/aromatic N) is 3. The number of likely N-dealkylation sites (tertiary alicyclic amines) is 1. The van der Waals surface area contributed by atoms with Gasteiger partial charge in [-0.05, 0) is 44.7 Å². The van der Waals surface area contributed by atoms with Crippen molar-refractivity contribution >= 4 is 23.2 Å². The van der Waals surface area contributed by atoms with Crippen molar-refractivity contribution in [2.24, 2.45) is 5.10 Å². The third kappa shape index (κ3) is 3.35. The zero-order valence-electron chi connectivity index (χ0n) is 14.5. The Morgan fingerprint density at radius 1 is 1.21 bits per heavy atom. The number of amides is 2. The van der Waals surface area contributed by atoms with E-state index in [0.29, 0.717) is 24.6 Å². The largest absolute Gasteiger partial charge is 0.335 e. The van der Waals surface area contributed by atoms with E-state index in [0.717, 1.165) is 37.1 Å². The number of hydrazone groups is 1. The molecule has 1 fully saturated rings. The Labute approximate surface area is 143 Å². The second-order valence-electron chi connectivity index (χ2n) is 6.64. The van der Waals surface area contributed by atoms with Crippen LogP contribution in [-0.4, -0.2) is 35.0 Å². The van der Waals surface area contributed by atoms with Gasteiger partial charge in [0.1, 0.15) is 5.71 Å². The summed E-state index contributed by atoms with van der Waals surface area (Å²) in [5.41, 5.74) is 2.36. The molecular formula is C19H25N3O2. The van der Waals surface area contributed by atoms with E-state index >= 15 is 0 Å². The molecule has 5 heteroatoms. The summed E-state index contributed by atoms with van der Waals surface area (Å²) in [5, 5.41) is 5.81. The fraction of sp³-hybridized carbons (Fsp3) is 0.526. The van der Waals surface area contributed by atoms with Crippen LogP contribution in [0.5, 0.6) is 0 Å². The molecule has 2 amide bonds. The van der Waals surface area contributed by atoms with Crippen molar-refractivity contribution in [3.05, 3.63) is 29.8 Å². The summed E-state index contributed by atoms with van der Waals surface area (Å²) in [6.45, 7) is 4.93. The molecule has 0 N–H and O–H groups in total. The van der Waals surface area contributed by atoms with Crippen molar-refractivity contribution in [1.29, 1.82) is 0 Å². The molecule has 2 aliphatic heterocycles. The Morgan fingerprint density at radius 2 is 1.96 bits per heavy atom. The van der Waals surface area contributed by atoms with Gasteiger partial charge in [-0.15, -0.1) is 0 Å². The van der Waals surface area contributed by atoms with Crippen molar-refractivity contribution in [2.45, 2.75) is 58.4 Å². The molecule has 0 spiro atoms. The molecule has 1 atom stereocenters. The summed E-state index contributed by atoms with van der Waals surface area (Å²) in [6.07, 6.45) is 5.05. The lowest BCUT2D eigenvalue weighted by Crippen LogP contribution is -2.48. The molecule has 0 bridgehead atoms. The van der Waals surface area contributed by atoms with E-state index < -0.39 is 0 Å². The highest BCUT2D eigenvalue weighted by atomic mass is 16.2. The van der Waals surface area contributed by atoms with Gasteiger partial charge in [0.2, 0.25) is 5.91 Å². The molecule has 0 aromatic heterocycles. The van der Waals surface area contributed by atoms with Crippen LogP contribution in [-0.2, 0) is 9.59 Å². The van der Waals surface area contributed by atoms with Crippen LogP contribution in [0.1, 0.15) is 51.0 Å². The zero-order chi connectivity index (χ0) is 17.1. The summed E-state index contributed by atoms with van der Waals surface area (Å²) in [7, 11) is 0. The number of piperidine rings is 1. The van der Waals surface area contributed by atoms with Crippen molar-refractivity contribution in [3.63, 3.8) is 0 Å². The molecule has 0 aliphatic carbocycles. The van der Waals surface area contributed by atoms with Crippen molar-refractivity contribution in [1.82, 2.24) is 4.90 Å². The van der Waals surface area contributed by atoms with Crippen LogP contribution in [0.3, 0.4) is 0 Å². The van der Waals surface area contributed by atoms with Gasteiger partial charge in [-0.3, -0.25) is 9.59 Å². The number of hydrogen-bond donors (Lipinski definition) is 0. The van der Waals surface area contributed by atoms with E-state index in [1.165, 1.54) is 11.4 Å². The summed E-state index contributed by atoms with van der Waals surface area (Å²) in [6, 6.07) is 7.96. The normalized spacial score (nSPS) is 21.7. The molecule has 128 valence electrons. The molecule has 1 saturated heterocycles. The first-order valence-corrected chi connectivity index (χ1v) is 8.88. The lowest BCUT2D eigenvalue weighted by Gasteiger charge is -2.36. The average molecular weight is 327 g/mol. The number of carbonyl (C=O) groups excluding carboxylic acids is 2. The molecule has 0 saturated carbocycles. The lowest BCUT2D eigenvalue weighted by molar-refractivity contribution is -0.127. The summed E-state index contributed by atoms with van der Waals surface area (Å²) < 4.78 is 0. The Morgan fingerprint density at radius 3 is 2.67 bits per heavy atom. The molecule has 24 heavy (non-hydrogen) atoms. The molecule has 1 aromatic rings. The Hall–Kier alpha value is -2.17. The highest BCUT2D eigenvalue weighted by Gasteiger charge is 2.32. The maximum Gasteiger partial charge on any atom is 0.270 e. The van der Waals surface area contributed by atoms with Gasteiger partial charge < -0.3 is 4.90 Å². The van der Waals surface area contributed by atoms with Crippen LogP contribution in [0.2, 0.25) is 0 Å². The van der Waals surface area contributed by atoms with E-state index in [4.69, 9.17) is 0 Å². The monoisotopic (exact) mass is 327 g/mol. The minimum Gasteiger partial charge on any atom is -0.335 e. The predicted octanol–water partition coefficient (Wildman–Crippen LogP) is 3.27. The van der Waals surface area contributed by atoms with E-state index in [-0.39, 0.29) is 11.8 Å². The van der Waals surface area contributed by atoms with E-state index in [1.807, 2.05) is 36.1 Å². The predicted molar refractivity (Wildman–Crippen MR) is 95.0 cm³/mol. The van der Waals surface area contributed by atoms with Crippen LogP contribution < -0.4 is 5.01 Å². The standard InChI is InChI=1S/C19H25N3O2/c1-3-15-6-4-5-13-21(15)19(24)17-11-12-18(23)22(20-17)16-9-7-14(2)8-10-16/h7-10,15H,3-6,11-13H2,1-2H3/t15-/m0/s1. The van der Waals surface area contributed by atoms with Gasteiger partial charge in [0.25, 0.3) is 5.91 Å². The van der Waals surface area contributed by atoms with E-state index in [2.05, 4.69) is 12.0 Å². The Kier molecular flexibility index (Phi) is 4.97. The minimum absolute atomic E-state index is 0.00571. The fourth-order valence-electron chi connectivity index (χ4n) is 3.45. The van der Waals surface area contributed by atoms with Crippen molar-refractivity contribution in [2.75, 3.05) is 11.6 Å². The second-order valence-corrected chi connectivity index (χ2v) is 6.64. The van der Waals surface area contributed by atoms with Crippen LogP contribution in [0.4, 0.5) is 5.69 Å². The number of anilines is 1. The molecule has 2 heterocycles. The van der Waals surface area contributed by atoms with Crippen molar-refractivity contribution in [3.8, 4) is 0 Å². The first kappa shape index (κ1) is 16.7. The average Bonchev–Trinajstić information content (AvgIpc) is 2.62. The molecule has 2 aliphatic rings. The van der Waals surface area contributed by atoms with E-state index in [9.17, 15) is 9.59 Å². The Balaban J connectivity index is 1.84. The number of rotatable bonds is 3. The van der Waals surface area contributed by atoms with Gasteiger partial charge >= 0.3 is 0 Å². The van der Waals surface area contributed by atoms with Crippen LogP contribution in [0, 0.1) is 6.92 Å². The zero-order valence-corrected chi connectivity index (χ0v) is 14.5. The summed E-state index contributed by atoms with van der Waals surface area (Å²) in [5.74, 6) is -0.0488. The van der Waals surface area contributed by atoms with Crippen LogP contribution in [0.15, 0.2) is 29.4 Å². The van der Waals surface area contributed by atoms with Crippen LogP contribution >= 0.6 is 0 Å². The van der Waals surface area contributed by atoms with Crippen LogP contribution in [0.25, 0.3) is 0 Å². The van der Waals surface area contributed by atoms with Gasteiger partial charge in [-0.2, -0.15) is 5.10 Å². The summed E-state index contributed by atoms with van der Waals surface area (Å²) >= 11 is 0. The third-order valence-corrected chi connectivity index (χ3v) is 4.92. The molecule has 0 radical (unpaired) electrons. The number of hydrogen-bond acceptors (Lipinski definition) is 3. The SMILES string of the molecule is CC[C@H]1CCCCN1C(=O)C1=NN(c2ccc(C)cc2)C(=O)CC1. The van der Waals surface area contributed by atoms with Gasteiger partial charge in [0.05, 0.1) is 5.69 Å². The van der Waals surface area contributed by atoms with Gasteiger partial charge in [0, 0.05) is 25.4 Å². The second kappa shape index (κ2) is 7.16. The van der Waals surface area contributed by atoms with Gasteiger partial charge in [-0.25, -0.2) is 5.01 Å². The number of aryl methyl sites for hydroxylation is 1. The Bertz CT molecular complexity index is 651. The fourth-order valence-corrected chi connectivity index (χ4v) is 3.45. The lowest BCUT2D eigenvalue weighted by atomic mass is 9.98. The van der Waals surface area contributed by atoms with Gasteiger partial charge in [-0.1, -0.05) is 24.6 Å². The third-order valence-electron chi connectivity index (χ3n) is 4.92. The topological polar surface area (TPSA) is 53.0 Å².